The molecule has 2 atom stereocenters. The third kappa shape index (κ3) is 5.29. The van der Waals surface area contributed by atoms with E-state index in [1.807, 2.05) is 37.3 Å². The minimum atomic E-state index is -0.930. The van der Waals surface area contributed by atoms with E-state index >= 15 is 0 Å². The zero-order valence-corrected chi connectivity index (χ0v) is 16.0. The number of hydrogen-bond donors (Lipinski definition) is 1. The van der Waals surface area contributed by atoms with E-state index in [4.69, 9.17) is 4.74 Å². The smallest absolute Gasteiger partial charge is 0.326 e. The number of aryl methyl sites for hydroxylation is 1. The summed E-state index contributed by atoms with van der Waals surface area (Å²) in [6.07, 6.45) is 0.772. The van der Waals surface area contributed by atoms with Crippen molar-refractivity contribution in [2.24, 2.45) is 0 Å². The topological polar surface area (TPSA) is 77.4 Å². The van der Waals surface area contributed by atoms with Crippen LogP contribution in [0.4, 0.5) is 0 Å². The van der Waals surface area contributed by atoms with Crippen molar-refractivity contribution in [3.8, 4) is 0 Å². The standard InChI is InChI=1S/C19H24N2O4S/c1-4-8-16(15-9-6-5-7-10-15)20-18(23)14(3)25-17(22)11-21-13(2)12-26-19(21)24/h5-7,9-10,12,14,16H,4,8,11H2,1-3H3,(H,20,23)/t14-,16-/m0/s1. The van der Waals surface area contributed by atoms with Crippen molar-refractivity contribution in [2.45, 2.75) is 52.3 Å². The zero-order chi connectivity index (χ0) is 19.1. The number of aromatic nitrogens is 1. The Kier molecular flexibility index (Phi) is 7.15. The minimum absolute atomic E-state index is 0.128. The zero-order valence-electron chi connectivity index (χ0n) is 15.2. The number of hydrogen-bond acceptors (Lipinski definition) is 5. The van der Waals surface area contributed by atoms with Crippen molar-refractivity contribution in [1.29, 1.82) is 0 Å². The molecule has 1 heterocycles. The number of esters is 1. The molecular weight excluding hydrogens is 352 g/mol. The molecule has 0 saturated heterocycles. The summed E-state index contributed by atoms with van der Waals surface area (Å²) in [4.78, 5) is 35.9. The van der Waals surface area contributed by atoms with Gasteiger partial charge >= 0.3 is 10.8 Å². The van der Waals surface area contributed by atoms with Gasteiger partial charge in [-0.3, -0.25) is 19.0 Å². The fourth-order valence-electron chi connectivity index (χ4n) is 2.60. The molecule has 2 aromatic rings. The van der Waals surface area contributed by atoms with Crippen molar-refractivity contribution < 1.29 is 14.3 Å². The lowest BCUT2D eigenvalue weighted by Crippen LogP contribution is -2.39. The molecule has 0 unspecified atom stereocenters. The van der Waals surface area contributed by atoms with Crippen molar-refractivity contribution in [2.75, 3.05) is 0 Å². The van der Waals surface area contributed by atoms with Gasteiger partial charge in [-0.1, -0.05) is 55.0 Å². The van der Waals surface area contributed by atoms with E-state index in [-0.39, 0.29) is 23.4 Å². The molecular formula is C19H24N2O4S. The maximum atomic E-state index is 12.4. The van der Waals surface area contributed by atoms with Gasteiger partial charge in [-0.15, -0.1) is 0 Å². The van der Waals surface area contributed by atoms with Gasteiger partial charge in [-0.2, -0.15) is 0 Å². The van der Waals surface area contributed by atoms with E-state index in [1.54, 1.807) is 12.3 Å². The summed E-state index contributed by atoms with van der Waals surface area (Å²) < 4.78 is 6.54. The summed E-state index contributed by atoms with van der Waals surface area (Å²) in [6.45, 7) is 5.14. The highest BCUT2D eigenvalue weighted by Gasteiger charge is 2.22. The molecule has 1 aromatic heterocycles. The molecule has 0 bridgehead atoms. The average molecular weight is 376 g/mol. The van der Waals surface area contributed by atoms with Gasteiger partial charge in [-0.05, 0) is 25.8 Å². The molecule has 0 aliphatic carbocycles. The van der Waals surface area contributed by atoms with Crippen LogP contribution in [0.5, 0.6) is 0 Å². The van der Waals surface area contributed by atoms with E-state index < -0.39 is 12.1 Å². The first-order valence-electron chi connectivity index (χ1n) is 8.62. The molecule has 140 valence electrons. The largest absolute Gasteiger partial charge is 0.451 e. The lowest BCUT2D eigenvalue weighted by molar-refractivity contribution is -0.155. The van der Waals surface area contributed by atoms with E-state index in [2.05, 4.69) is 5.32 Å². The summed E-state index contributed by atoms with van der Waals surface area (Å²) in [5, 5.41) is 4.62. The predicted molar refractivity (Wildman–Crippen MR) is 101 cm³/mol. The normalized spacial score (nSPS) is 13.0. The van der Waals surface area contributed by atoms with Gasteiger partial charge in [-0.25, -0.2) is 0 Å². The van der Waals surface area contributed by atoms with Crippen LogP contribution in [-0.2, 0) is 20.9 Å². The second-order valence-corrected chi connectivity index (χ2v) is 6.94. The van der Waals surface area contributed by atoms with Gasteiger partial charge in [0.15, 0.2) is 6.10 Å². The quantitative estimate of drug-likeness (QED) is 0.719. The summed E-state index contributed by atoms with van der Waals surface area (Å²) >= 11 is 1.03. The molecule has 1 aromatic carbocycles. The van der Waals surface area contributed by atoms with Crippen LogP contribution in [0, 0.1) is 6.92 Å². The van der Waals surface area contributed by atoms with Crippen LogP contribution >= 0.6 is 11.3 Å². The highest BCUT2D eigenvalue weighted by Crippen LogP contribution is 2.18. The molecule has 0 aliphatic rings. The Bertz CT molecular complexity index is 797. The van der Waals surface area contributed by atoms with Crippen molar-refractivity contribution in [1.82, 2.24) is 9.88 Å². The molecule has 0 radical (unpaired) electrons. The molecule has 26 heavy (non-hydrogen) atoms. The summed E-state index contributed by atoms with van der Waals surface area (Å²) in [5.41, 5.74) is 1.71. The monoisotopic (exact) mass is 376 g/mol. The third-order valence-electron chi connectivity index (χ3n) is 4.04. The summed E-state index contributed by atoms with van der Waals surface area (Å²) in [7, 11) is 0. The molecule has 1 N–H and O–H groups in total. The van der Waals surface area contributed by atoms with Gasteiger partial charge in [0.2, 0.25) is 0 Å². The Labute approximate surface area is 156 Å². The first-order valence-corrected chi connectivity index (χ1v) is 9.50. The van der Waals surface area contributed by atoms with Gasteiger partial charge in [0.1, 0.15) is 6.54 Å². The van der Waals surface area contributed by atoms with Crippen LogP contribution < -0.4 is 10.2 Å². The van der Waals surface area contributed by atoms with Crippen LogP contribution in [0.25, 0.3) is 0 Å². The van der Waals surface area contributed by atoms with Crippen molar-refractivity contribution >= 4 is 23.2 Å². The number of carbonyl (C=O) groups excluding carboxylic acids is 2. The van der Waals surface area contributed by atoms with E-state index in [1.165, 1.54) is 11.5 Å². The Balaban J connectivity index is 1.95. The lowest BCUT2D eigenvalue weighted by Gasteiger charge is -2.21. The molecule has 7 heteroatoms. The Morgan fingerprint density at radius 1 is 1.27 bits per heavy atom. The number of carbonyl (C=O) groups is 2. The number of rotatable bonds is 8. The SMILES string of the molecule is CCC[C@H](NC(=O)[C@H](C)OC(=O)Cn1c(C)csc1=O)c1ccccc1. The van der Waals surface area contributed by atoms with Gasteiger partial charge in [0.25, 0.3) is 5.91 Å². The summed E-state index contributed by atoms with van der Waals surface area (Å²) in [6, 6.07) is 9.57. The van der Waals surface area contributed by atoms with Crippen LogP contribution in [0.3, 0.4) is 0 Å². The third-order valence-corrected chi connectivity index (χ3v) is 4.92. The lowest BCUT2D eigenvalue weighted by atomic mass is 10.0. The molecule has 0 spiro atoms. The van der Waals surface area contributed by atoms with Crippen LogP contribution in [0.2, 0.25) is 0 Å². The maximum Gasteiger partial charge on any atom is 0.326 e. The number of nitrogens with zero attached hydrogens (tertiary/aromatic N) is 1. The van der Waals surface area contributed by atoms with Gasteiger partial charge < -0.3 is 10.1 Å². The van der Waals surface area contributed by atoms with Crippen LogP contribution in [0.15, 0.2) is 40.5 Å². The molecule has 1 amide bonds. The highest BCUT2D eigenvalue weighted by molar-refractivity contribution is 7.07. The maximum absolute atomic E-state index is 12.4. The molecule has 0 aliphatic heterocycles. The summed E-state index contributed by atoms with van der Waals surface area (Å²) in [5.74, 6) is -0.960. The molecule has 6 nitrogen and oxygen atoms in total. The van der Waals surface area contributed by atoms with E-state index in [9.17, 15) is 14.4 Å². The second kappa shape index (κ2) is 9.33. The Hall–Kier alpha value is -2.41. The highest BCUT2D eigenvalue weighted by atomic mass is 32.1. The first-order chi connectivity index (χ1) is 12.4. The number of ether oxygens (including phenoxy) is 1. The average Bonchev–Trinajstić information content (AvgIpc) is 2.93. The number of thiazole rings is 1. The first kappa shape index (κ1) is 19.9. The van der Waals surface area contributed by atoms with Crippen LogP contribution in [0.1, 0.15) is 44.0 Å². The Morgan fingerprint density at radius 3 is 2.54 bits per heavy atom. The minimum Gasteiger partial charge on any atom is -0.451 e. The molecule has 0 fully saturated rings. The fraction of sp³-hybridized carbons (Fsp3) is 0.421. The second-order valence-electron chi connectivity index (χ2n) is 6.12. The molecule has 0 saturated carbocycles. The fourth-order valence-corrected chi connectivity index (χ4v) is 3.33. The Morgan fingerprint density at radius 2 is 1.96 bits per heavy atom. The number of benzene rings is 1. The van der Waals surface area contributed by atoms with Gasteiger partial charge in [0, 0.05) is 11.1 Å². The predicted octanol–water partition coefficient (Wildman–Crippen LogP) is 2.81. The van der Waals surface area contributed by atoms with E-state index in [0.717, 1.165) is 29.7 Å². The van der Waals surface area contributed by atoms with E-state index in [0.29, 0.717) is 5.69 Å². The van der Waals surface area contributed by atoms with Crippen LogP contribution in [-0.4, -0.2) is 22.5 Å². The molecule has 2 rings (SSSR count). The van der Waals surface area contributed by atoms with Gasteiger partial charge in [0.05, 0.1) is 6.04 Å². The van der Waals surface area contributed by atoms with Crippen molar-refractivity contribution in [3.63, 3.8) is 0 Å². The number of amides is 1. The van der Waals surface area contributed by atoms with Crippen molar-refractivity contribution in [3.05, 3.63) is 56.6 Å². The number of nitrogens with one attached hydrogen (secondary N) is 1.